The Bertz CT molecular complexity index is 985. The lowest BCUT2D eigenvalue weighted by Gasteiger charge is -2.16. The molecule has 0 saturated heterocycles. The van der Waals surface area contributed by atoms with Gasteiger partial charge in [0, 0.05) is 30.1 Å². The minimum atomic E-state index is -5.08. The van der Waals surface area contributed by atoms with E-state index in [2.05, 4.69) is 43.4 Å². The largest absolute Gasteiger partial charge is 0.490 e. The van der Waals surface area contributed by atoms with E-state index in [1.165, 1.54) is 16.1 Å². The lowest BCUT2D eigenvalue weighted by Crippen LogP contribution is -2.29. The molecule has 0 bridgehead atoms. The molecule has 4 rings (SSSR count). The zero-order valence-corrected chi connectivity index (χ0v) is 15.6. The van der Waals surface area contributed by atoms with Gasteiger partial charge in [0.15, 0.2) is 0 Å². The van der Waals surface area contributed by atoms with Crippen LogP contribution in [0, 0.1) is 6.92 Å². The molecule has 0 spiro atoms. The summed E-state index contributed by atoms with van der Waals surface area (Å²) in [7, 11) is 0. The summed E-state index contributed by atoms with van der Waals surface area (Å²) in [6.07, 6.45) is -1.51. The minimum Gasteiger partial charge on any atom is -0.475 e. The van der Waals surface area contributed by atoms with Gasteiger partial charge in [0.05, 0.1) is 23.8 Å². The first-order chi connectivity index (χ1) is 13.3. The molecule has 12 heteroatoms. The van der Waals surface area contributed by atoms with Crippen molar-refractivity contribution in [3.05, 3.63) is 34.7 Å². The Balaban J connectivity index is 0.000000279. The molecule has 28 heavy (non-hydrogen) atoms. The highest BCUT2D eigenvalue weighted by molar-refractivity contribution is 7.18. The number of hydrogen-bond acceptors (Lipinski definition) is 7. The van der Waals surface area contributed by atoms with Crippen molar-refractivity contribution < 1.29 is 23.1 Å². The number of aromatic nitrogens is 4. The normalized spacial score (nSPS) is 13.6. The van der Waals surface area contributed by atoms with Crippen LogP contribution >= 0.6 is 11.3 Å². The molecule has 1 aliphatic rings. The van der Waals surface area contributed by atoms with Crippen LogP contribution in [0.3, 0.4) is 0 Å². The van der Waals surface area contributed by atoms with Crippen LogP contribution in [0.2, 0.25) is 0 Å². The zero-order chi connectivity index (χ0) is 20.3. The molecule has 0 aromatic carbocycles. The number of thiophene rings is 1. The van der Waals surface area contributed by atoms with Gasteiger partial charge in [-0.25, -0.2) is 14.8 Å². The van der Waals surface area contributed by atoms with Gasteiger partial charge in [-0.1, -0.05) is 0 Å². The number of carbonyl (C=O) groups is 1. The van der Waals surface area contributed by atoms with Gasteiger partial charge in [-0.05, 0) is 13.0 Å². The van der Waals surface area contributed by atoms with Crippen molar-refractivity contribution in [2.75, 3.05) is 11.9 Å². The summed E-state index contributed by atoms with van der Waals surface area (Å²) in [6, 6.07) is 2.14. The van der Waals surface area contributed by atoms with Crippen LogP contribution in [-0.4, -0.2) is 43.5 Å². The van der Waals surface area contributed by atoms with Gasteiger partial charge in [-0.3, -0.25) is 4.68 Å². The van der Waals surface area contributed by atoms with E-state index in [0.717, 1.165) is 42.2 Å². The predicted molar refractivity (Wildman–Crippen MR) is 97.1 cm³/mol. The maximum Gasteiger partial charge on any atom is 0.490 e. The summed E-state index contributed by atoms with van der Waals surface area (Å²) in [5, 5.41) is 19.5. The lowest BCUT2D eigenvalue weighted by atomic mass is 10.2. The second-order valence-corrected chi connectivity index (χ2v) is 7.21. The SMILES string of the molecule is Cc1cc2c(NCc3cnn4c3CNCC4)ncnc2s1.O=C(O)C(F)(F)F. The molecule has 3 N–H and O–H groups in total. The third kappa shape index (κ3) is 4.57. The van der Waals surface area contributed by atoms with Crippen molar-refractivity contribution in [1.29, 1.82) is 0 Å². The lowest BCUT2D eigenvalue weighted by molar-refractivity contribution is -0.192. The van der Waals surface area contributed by atoms with Gasteiger partial charge in [0.2, 0.25) is 0 Å². The highest BCUT2D eigenvalue weighted by Crippen LogP contribution is 2.27. The number of aryl methyl sites for hydroxylation is 1. The third-order valence-corrected chi connectivity index (χ3v) is 4.93. The molecular weight excluding hydrogens is 397 g/mol. The third-order valence-electron chi connectivity index (χ3n) is 3.97. The first-order valence-electron chi connectivity index (χ1n) is 8.25. The maximum absolute atomic E-state index is 10.6. The fourth-order valence-electron chi connectivity index (χ4n) is 2.68. The Morgan fingerprint density at radius 3 is 2.89 bits per heavy atom. The average Bonchev–Trinajstić information content (AvgIpc) is 3.22. The van der Waals surface area contributed by atoms with Crippen molar-refractivity contribution >= 4 is 33.3 Å². The van der Waals surface area contributed by atoms with E-state index >= 15 is 0 Å². The van der Waals surface area contributed by atoms with E-state index in [0.29, 0.717) is 0 Å². The van der Waals surface area contributed by atoms with E-state index in [4.69, 9.17) is 9.90 Å². The number of carboxylic acids is 1. The standard InChI is InChI=1S/C14H16N6S.C2HF3O2/c1-9-4-11-13(17-8-18-14(11)21-9)16-5-10-6-19-20-3-2-15-7-12(10)20;3-2(4,5)1(6)7/h4,6,8,15H,2-3,5,7H2,1H3,(H,16,17,18);(H,6,7). The molecule has 0 amide bonds. The maximum atomic E-state index is 10.6. The van der Waals surface area contributed by atoms with Gasteiger partial charge in [-0.15, -0.1) is 11.3 Å². The van der Waals surface area contributed by atoms with Crippen molar-refractivity contribution in [2.45, 2.75) is 32.7 Å². The van der Waals surface area contributed by atoms with Crippen LogP contribution < -0.4 is 10.6 Å². The van der Waals surface area contributed by atoms with Crippen LogP contribution in [-0.2, 0) is 24.4 Å². The van der Waals surface area contributed by atoms with Crippen molar-refractivity contribution in [2.24, 2.45) is 0 Å². The first-order valence-corrected chi connectivity index (χ1v) is 9.06. The van der Waals surface area contributed by atoms with Gasteiger partial charge in [-0.2, -0.15) is 18.3 Å². The monoisotopic (exact) mass is 414 g/mol. The second-order valence-electron chi connectivity index (χ2n) is 5.97. The molecule has 3 aromatic heterocycles. The van der Waals surface area contributed by atoms with E-state index < -0.39 is 12.1 Å². The van der Waals surface area contributed by atoms with Crippen LogP contribution in [0.4, 0.5) is 19.0 Å². The Morgan fingerprint density at radius 1 is 1.43 bits per heavy atom. The van der Waals surface area contributed by atoms with Gasteiger partial charge < -0.3 is 15.7 Å². The molecule has 0 atom stereocenters. The van der Waals surface area contributed by atoms with Crippen molar-refractivity contribution in [3.8, 4) is 0 Å². The summed E-state index contributed by atoms with van der Waals surface area (Å²) in [5.74, 6) is -1.86. The number of rotatable bonds is 3. The molecule has 0 saturated carbocycles. The van der Waals surface area contributed by atoms with Gasteiger partial charge in [0.1, 0.15) is 17.0 Å². The highest BCUT2D eigenvalue weighted by atomic mass is 32.1. The summed E-state index contributed by atoms with van der Waals surface area (Å²) in [4.78, 5) is 19.9. The number of anilines is 1. The molecule has 0 aliphatic carbocycles. The van der Waals surface area contributed by atoms with E-state index in [9.17, 15) is 13.2 Å². The Kier molecular flexibility index (Phi) is 5.79. The van der Waals surface area contributed by atoms with Crippen LogP contribution in [0.15, 0.2) is 18.6 Å². The molecule has 3 aromatic rings. The summed E-state index contributed by atoms with van der Waals surface area (Å²) in [6.45, 7) is 5.64. The number of nitrogens with one attached hydrogen (secondary N) is 2. The molecule has 0 unspecified atom stereocenters. The van der Waals surface area contributed by atoms with Gasteiger partial charge in [0.25, 0.3) is 0 Å². The number of halogens is 3. The van der Waals surface area contributed by atoms with Crippen molar-refractivity contribution in [1.82, 2.24) is 25.1 Å². The molecule has 0 fully saturated rings. The van der Waals surface area contributed by atoms with E-state index in [1.807, 2.05) is 6.20 Å². The molecular formula is C16H17F3N6O2S. The van der Waals surface area contributed by atoms with Gasteiger partial charge >= 0.3 is 12.1 Å². The molecule has 8 nitrogen and oxygen atoms in total. The Hall–Kier alpha value is -2.73. The Labute approximate surface area is 161 Å². The second kappa shape index (κ2) is 8.10. The van der Waals surface area contributed by atoms with Crippen LogP contribution in [0.1, 0.15) is 16.1 Å². The number of carboxylic acid groups (broad SMARTS) is 1. The number of alkyl halides is 3. The highest BCUT2D eigenvalue weighted by Gasteiger charge is 2.38. The fraction of sp³-hybridized carbons (Fsp3) is 0.375. The molecule has 4 heterocycles. The average molecular weight is 414 g/mol. The predicted octanol–water partition coefficient (Wildman–Crippen LogP) is 2.54. The van der Waals surface area contributed by atoms with E-state index in [1.54, 1.807) is 17.7 Å². The number of hydrogen-bond donors (Lipinski definition) is 3. The summed E-state index contributed by atoms with van der Waals surface area (Å²) < 4.78 is 33.8. The molecule has 0 radical (unpaired) electrons. The smallest absolute Gasteiger partial charge is 0.475 e. The summed E-state index contributed by atoms with van der Waals surface area (Å²) in [5.41, 5.74) is 2.49. The minimum absolute atomic E-state index is 0.734. The number of fused-ring (bicyclic) bond motifs is 2. The topological polar surface area (TPSA) is 105 Å². The zero-order valence-electron chi connectivity index (χ0n) is 14.7. The number of aliphatic carboxylic acids is 1. The number of nitrogens with zero attached hydrogens (tertiary/aromatic N) is 4. The fourth-order valence-corrected chi connectivity index (χ4v) is 3.53. The quantitative estimate of drug-likeness (QED) is 0.605. The Morgan fingerprint density at radius 2 is 2.18 bits per heavy atom. The van der Waals surface area contributed by atoms with Crippen LogP contribution in [0.25, 0.3) is 10.2 Å². The molecule has 1 aliphatic heterocycles. The van der Waals surface area contributed by atoms with Crippen molar-refractivity contribution in [3.63, 3.8) is 0 Å². The first kappa shape index (κ1) is 20.0. The van der Waals surface area contributed by atoms with Crippen LogP contribution in [0.5, 0.6) is 0 Å². The van der Waals surface area contributed by atoms with E-state index in [-0.39, 0.29) is 0 Å². The molecule has 150 valence electrons. The summed E-state index contributed by atoms with van der Waals surface area (Å²) >= 11 is 1.69.